The molecule has 3 aromatic rings. The normalized spacial score (nSPS) is 10.4. The molecule has 0 fully saturated rings. The van der Waals surface area contributed by atoms with Gasteiger partial charge < -0.3 is 14.8 Å². The minimum atomic E-state index is 0.497. The Morgan fingerprint density at radius 3 is 2.30 bits per heavy atom. The van der Waals surface area contributed by atoms with Crippen LogP contribution in [0.3, 0.4) is 0 Å². The monoisotopic (exact) mass is 401 g/mol. The van der Waals surface area contributed by atoms with Crippen molar-refractivity contribution in [2.24, 2.45) is 0 Å². The Labute approximate surface area is 169 Å². The summed E-state index contributed by atoms with van der Waals surface area (Å²) in [5.74, 6) is 1.49. The Kier molecular flexibility index (Phi) is 7.26. The summed E-state index contributed by atoms with van der Waals surface area (Å²) >= 11 is 12.0. The van der Waals surface area contributed by atoms with Crippen LogP contribution in [-0.4, -0.2) is 19.8 Å². The van der Waals surface area contributed by atoms with Crippen molar-refractivity contribution in [1.29, 1.82) is 0 Å². The second-order valence-electron chi connectivity index (χ2n) is 5.96. The molecule has 0 aliphatic carbocycles. The molecule has 27 heavy (non-hydrogen) atoms. The molecule has 3 aromatic carbocycles. The van der Waals surface area contributed by atoms with Crippen LogP contribution >= 0.6 is 23.2 Å². The molecular formula is C22H21Cl2NO2. The minimum absolute atomic E-state index is 0.497. The number of nitrogens with one attached hydrogen (secondary N) is 1. The van der Waals surface area contributed by atoms with E-state index in [9.17, 15) is 0 Å². The van der Waals surface area contributed by atoms with Crippen LogP contribution in [0.15, 0.2) is 72.8 Å². The van der Waals surface area contributed by atoms with Gasteiger partial charge in [-0.15, -0.1) is 0 Å². The zero-order chi connectivity index (χ0) is 18.9. The van der Waals surface area contributed by atoms with Crippen LogP contribution in [0.2, 0.25) is 10.0 Å². The third kappa shape index (κ3) is 6.38. The third-order valence-electron chi connectivity index (χ3n) is 3.94. The average Bonchev–Trinajstić information content (AvgIpc) is 2.68. The topological polar surface area (TPSA) is 30.5 Å². The summed E-state index contributed by atoms with van der Waals surface area (Å²) in [5.41, 5.74) is 2.28. The lowest BCUT2D eigenvalue weighted by atomic mass is 10.2. The summed E-state index contributed by atoms with van der Waals surface area (Å²) in [6.45, 7) is 1.82. The highest BCUT2D eigenvalue weighted by Crippen LogP contribution is 2.27. The Morgan fingerprint density at radius 1 is 0.778 bits per heavy atom. The average molecular weight is 402 g/mol. The lowest BCUT2D eigenvalue weighted by Gasteiger charge is -2.11. The third-order valence-corrected chi connectivity index (χ3v) is 4.47. The highest BCUT2D eigenvalue weighted by atomic mass is 35.5. The second kappa shape index (κ2) is 10.1. The molecule has 0 aliphatic heterocycles. The zero-order valence-electron chi connectivity index (χ0n) is 14.8. The standard InChI is InChI=1S/C22H21Cl2NO2/c23-18-6-11-22(21(24)16-18)27-15-13-25-19-7-9-20(10-8-19)26-14-12-17-4-2-1-3-5-17/h1-11,16,25H,12-15H2. The van der Waals surface area contributed by atoms with Crippen molar-refractivity contribution in [3.05, 3.63) is 88.4 Å². The molecular weight excluding hydrogens is 381 g/mol. The number of benzene rings is 3. The SMILES string of the molecule is Clc1ccc(OCCNc2ccc(OCCc3ccccc3)cc2)c(Cl)c1. The molecule has 0 unspecified atom stereocenters. The Hall–Kier alpha value is -2.36. The molecule has 0 heterocycles. The van der Waals surface area contributed by atoms with E-state index in [2.05, 4.69) is 17.4 Å². The first-order chi connectivity index (χ1) is 13.2. The first-order valence-corrected chi connectivity index (χ1v) is 9.55. The number of ether oxygens (including phenoxy) is 2. The van der Waals surface area contributed by atoms with Crippen LogP contribution in [0.25, 0.3) is 0 Å². The van der Waals surface area contributed by atoms with Crippen LogP contribution in [-0.2, 0) is 6.42 Å². The molecule has 1 N–H and O–H groups in total. The van der Waals surface area contributed by atoms with Gasteiger partial charge in [0.1, 0.15) is 18.1 Å². The minimum Gasteiger partial charge on any atom is -0.493 e. The Bertz CT molecular complexity index is 839. The molecule has 0 spiro atoms. The Morgan fingerprint density at radius 2 is 1.56 bits per heavy atom. The van der Waals surface area contributed by atoms with Gasteiger partial charge in [0.2, 0.25) is 0 Å². The molecule has 0 aliphatic rings. The number of halogens is 2. The molecule has 0 amide bonds. The van der Waals surface area contributed by atoms with Gasteiger partial charge in [-0.3, -0.25) is 0 Å². The first kappa shape index (κ1) is 19.4. The van der Waals surface area contributed by atoms with Crippen molar-refractivity contribution in [1.82, 2.24) is 0 Å². The van der Waals surface area contributed by atoms with E-state index in [4.69, 9.17) is 32.7 Å². The van der Waals surface area contributed by atoms with Gasteiger partial charge in [-0.1, -0.05) is 53.5 Å². The maximum atomic E-state index is 6.08. The fraction of sp³-hybridized carbons (Fsp3) is 0.182. The van der Waals surface area contributed by atoms with E-state index in [1.54, 1.807) is 18.2 Å². The molecule has 0 bridgehead atoms. The molecule has 3 nitrogen and oxygen atoms in total. The smallest absolute Gasteiger partial charge is 0.138 e. The van der Waals surface area contributed by atoms with Crippen molar-refractivity contribution < 1.29 is 9.47 Å². The van der Waals surface area contributed by atoms with Crippen molar-refractivity contribution in [3.8, 4) is 11.5 Å². The van der Waals surface area contributed by atoms with E-state index >= 15 is 0 Å². The van der Waals surface area contributed by atoms with Gasteiger partial charge in [0.05, 0.1) is 11.6 Å². The largest absolute Gasteiger partial charge is 0.493 e. The maximum Gasteiger partial charge on any atom is 0.138 e. The lowest BCUT2D eigenvalue weighted by molar-refractivity contribution is 0.322. The molecule has 5 heteroatoms. The molecule has 140 valence electrons. The van der Waals surface area contributed by atoms with Gasteiger partial charge in [0.25, 0.3) is 0 Å². The molecule has 0 saturated heterocycles. The second-order valence-corrected chi connectivity index (χ2v) is 6.80. The predicted octanol–water partition coefficient (Wildman–Crippen LogP) is 6.11. The van der Waals surface area contributed by atoms with Crippen molar-refractivity contribution in [2.75, 3.05) is 25.1 Å². The quantitative estimate of drug-likeness (QED) is 0.439. The predicted molar refractivity (Wildman–Crippen MR) is 113 cm³/mol. The first-order valence-electron chi connectivity index (χ1n) is 8.79. The number of hydrogen-bond acceptors (Lipinski definition) is 3. The molecule has 0 saturated carbocycles. The van der Waals surface area contributed by atoms with Crippen LogP contribution < -0.4 is 14.8 Å². The van der Waals surface area contributed by atoms with Gasteiger partial charge in [0, 0.05) is 23.7 Å². The summed E-state index contributed by atoms with van der Waals surface area (Å²) < 4.78 is 11.4. The Balaban J connectivity index is 1.37. The molecule has 0 radical (unpaired) electrons. The van der Waals surface area contributed by atoms with Crippen molar-refractivity contribution >= 4 is 28.9 Å². The highest BCUT2D eigenvalue weighted by molar-refractivity contribution is 6.35. The highest BCUT2D eigenvalue weighted by Gasteiger charge is 2.02. The van der Waals surface area contributed by atoms with E-state index < -0.39 is 0 Å². The molecule has 0 atom stereocenters. The van der Waals surface area contributed by atoms with Gasteiger partial charge in [-0.25, -0.2) is 0 Å². The molecule has 3 rings (SSSR count). The van der Waals surface area contributed by atoms with Crippen LogP contribution in [0, 0.1) is 0 Å². The number of rotatable bonds is 9. The summed E-state index contributed by atoms with van der Waals surface area (Å²) in [4.78, 5) is 0. The van der Waals surface area contributed by atoms with E-state index in [1.165, 1.54) is 5.56 Å². The fourth-order valence-corrected chi connectivity index (χ4v) is 3.01. The van der Waals surface area contributed by atoms with E-state index in [0.29, 0.717) is 35.6 Å². The summed E-state index contributed by atoms with van der Waals surface area (Å²) in [6, 6.07) is 23.4. The van der Waals surface area contributed by atoms with Crippen LogP contribution in [0.4, 0.5) is 5.69 Å². The molecule has 0 aromatic heterocycles. The number of hydrogen-bond donors (Lipinski definition) is 1. The number of anilines is 1. The van der Waals surface area contributed by atoms with Crippen LogP contribution in [0.5, 0.6) is 11.5 Å². The zero-order valence-corrected chi connectivity index (χ0v) is 16.3. The van der Waals surface area contributed by atoms with Crippen molar-refractivity contribution in [2.45, 2.75) is 6.42 Å². The van der Waals surface area contributed by atoms with E-state index in [1.807, 2.05) is 42.5 Å². The van der Waals surface area contributed by atoms with Gasteiger partial charge in [-0.05, 0) is 48.0 Å². The van der Waals surface area contributed by atoms with Crippen molar-refractivity contribution in [3.63, 3.8) is 0 Å². The van der Waals surface area contributed by atoms with E-state index in [-0.39, 0.29) is 0 Å². The van der Waals surface area contributed by atoms with Gasteiger partial charge in [-0.2, -0.15) is 0 Å². The lowest BCUT2D eigenvalue weighted by Crippen LogP contribution is -2.11. The van der Waals surface area contributed by atoms with E-state index in [0.717, 1.165) is 17.9 Å². The van der Waals surface area contributed by atoms with Gasteiger partial charge >= 0.3 is 0 Å². The summed E-state index contributed by atoms with van der Waals surface area (Å²) in [6.07, 6.45) is 0.894. The fourth-order valence-electron chi connectivity index (χ4n) is 2.55. The van der Waals surface area contributed by atoms with Crippen LogP contribution in [0.1, 0.15) is 5.56 Å². The van der Waals surface area contributed by atoms with Gasteiger partial charge in [0.15, 0.2) is 0 Å². The summed E-state index contributed by atoms with van der Waals surface area (Å²) in [7, 11) is 0. The summed E-state index contributed by atoms with van der Waals surface area (Å²) in [5, 5.41) is 4.41. The maximum absolute atomic E-state index is 6.08.